The third-order valence-electron chi connectivity index (χ3n) is 3.95. The van der Waals surface area contributed by atoms with Gasteiger partial charge in [-0.2, -0.15) is 13.2 Å². The lowest BCUT2D eigenvalue weighted by molar-refractivity contribution is -0.137. The van der Waals surface area contributed by atoms with E-state index in [9.17, 15) is 22.8 Å². The number of hydrogen-bond donors (Lipinski definition) is 1. The first-order valence-electron chi connectivity index (χ1n) is 7.94. The second-order valence-electron chi connectivity index (χ2n) is 5.83. The molecular formula is C19H15F3N2O3. The monoisotopic (exact) mass is 376 g/mol. The van der Waals surface area contributed by atoms with Crippen LogP contribution in [0.5, 0.6) is 5.75 Å². The molecule has 1 N–H and O–H groups in total. The molecule has 0 saturated carbocycles. The number of amides is 1. The highest BCUT2D eigenvalue weighted by molar-refractivity contribution is 5.93. The van der Waals surface area contributed by atoms with Gasteiger partial charge < -0.3 is 14.6 Å². The summed E-state index contributed by atoms with van der Waals surface area (Å²) in [5, 5.41) is 3.14. The van der Waals surface area contributed by atoms with Gasteiger partial charge in [-0.25, -0.2) is 0 Å². The molecular weight excluding hydrogens is 361 g/mol. The normalized spacial score (nSPS) is 11.4. The fourth-order valence-electron chi connectivity index (χ4n) is 2.64. The average molecular weight is 376 g/mol. The third-order valence-corrected chi connectivity index (χ3v) is 3.95. The van der Waals surface area contributed by atoms with Gasteiger partial charge in [-0.3, -0.25) is 9.59 Å². The molecule has 5 nitrogen and oxygen atoms in total. The molecule has 0 aliphatic carbocycles. The zero-order valence-electron chi connectivity index (χ0n) is 14.2. The molecule has 1 amide bonds. The van der Waals surface area contributed by atoms with Crippen LogP contribution in [0.2, 0.25) is 0 Å². The Morgan fingerprint density at radius 2 is 1.81 bits per heavy atom. The van der Waals surface area contributed by atoms with Gasteiger partial charge in [-0.05, 0) is 30.3 Å². The molecule has 2 aromatic carbocycles. The number of fused-ring (bicyclic) bond motifs is 1. The van der Waals surface area contributed by atoms with Crippen LogP contribution in [0.1, 0.15) is 5.56 Å². The number of rotatable bonds is 4. The summed E-state index contributed by atoms with van der Waals surface area (Å²) < 4.78 is 45.8. The predicted molar refractivity (Wildman–Crippen MR) is 94.8 cm³/mol. The maximum Gasteiger partial charge on any atom is 0.418 e. The Hall–Kier alpha value is -3.29. The molecule has 0 saturated heterocycles. The van der Waals surface area contributed by atoms with Crippen LogP contribution in [0.15, 0.2) is 59.5 Å². The summed E-state index contributed by atoms with van der Waals surface area (Å²) in [5.41, 5.74) is -1.50. The molecule has 140 valence electrons. The molecule has 0 spiro atoms. The number of carbonyl (C=O) groups excluding carboxylic acids is 1. The first-order chi connectivity index (χ1) is 12.8. The van der Waals surface area contributed by atoms with E-state index in [0.717, 1.165) is 6.07 Å². The Labute approximate surface area is 152 Å². The standard InChI is InChI=1S/C19H15F3N2O3/c1-24-10-9-12-13(18(24)26)5-4-8-16(12)27-11-17(25)23-15-7-3-2-6-14(15)19(20,21)22/h2-10H,11H2,1H3,(H,23,25). The maximum atomic E-state index is 13.0. The summed E-state index contributed by atoms with van der Waals surface area (Å²) >= 11 is 0. The lowest BCUT2D eigenvalue weighted by Crippen LogP contribution is -2.22. The van der Waals surface area contributed by atoms with E-state index >= 15 is 0 Å². The first-order valence-corrected chi connectivity index (χ1v) is 7.94. The smallest absolute Gasteiger partial charge is 0.418 e. The predicted octanol–water partition coefficient (Wildman–Crippen LogP) is 3.57. The van der Waals surface area contributed by atoms with Crippen LogP contribution < -0.4 is 15.6 Å². The molecule has 1 heterocycles. The lowest BCUT2D eigenvalue weighted by atomic mass is 10.1. The number of aromatic nitrogens is 1. The summed E-state index contributed by atoms with van der Waals surface area (Å²) in [4.78, 5) is 24.2. The van der Waals surface area contributed by atoms with Crippen molar-refractivity contribution in [3.05, 3.63) is 70.6 Å². The van der Waals surface area contributed by atoms with Gasteiger partial charge in [-0.1, -0.05) is 18.2 Å². The Morgan fingerprint density at radius 1 is 1.07 bits per heavy atom. The van der Waals surface area contributed by atoms with Gasteiger partial charge in [-0.15, -0.1) is 0 Å². The van der Waals surface area contributed by atoms with Crippen molar-refractivity contribution in [1.29, 1.82) is 0 Å². The second kappa shape index (κ2) is 7.14. The van der Waals surface area contributed by atoms with E-state index in [0.29, 0.717) is 16.5 Å². The number of alkyl halides is 3. The third kappa shape index (κ3) is 3.94. The van der Waals surface area contributed by atoms with Crippen molar-refractivity contribution in [1.82, 2.24) is 4.57 Å². The van der Waals surface area contributed by atoms with Crippen LogP contribution in [-0.4, -0.2) is 17.1 Å². The number of halogens is 3. The molecule has 0 bridgehead atoms. The molecule has 1 aromatic heterocycles. The zero-order valence-corrected chi connectivity index (χ0v) is 14.2. The second-order valence-corrected chi connectivity index (χ2v) is 5.83. The molecule has 0 atom stereocenters. The van der Waals surface area contributed by atoms with Crippen LogP contribution >= 0.6 is 0 Å². The van der Waals surface area contributed by atoms with Gasteiger partial charge in [0.2, 0.25) is 0 Å². The lowest BCUT2D eigenvalue weighted by Gasteiger charge is -2.14. The van der Waals surface area contributed by atoms with E-state index in [2.05, 4.69) is 5.32 Å². The number of hydrogen-bond acceptors (Lipinski definition) is 3. The van der Waals surface area contributed by atoms with Crippen molar-refractivity contribution in [3.8, 4) is 5.75 Å². The Kier molecular flexibility index (Phi) is 4.89. The summed E-state index contributed by atoms with van der Waals surface area (Å²) in [6.07, 6.45) is -3.02. The number of ether oxygens (including phenoxy) is 1. The molecule has 0 aliphatic rings. The van der Waals surface area contributed by atoms with Crippen LogP contribution in [0, 0.1) is 0 Å². The van der Waals surface area contributed by atoms with Gasteiger partial charge in [0, 0.05) is 18.6 Å². The minimum Gasteiger partial charge on any atom is -0.483 e. The van der Waals surface area contributed by atoms with Crippen molar-refractivity contribution in [2.45, 2.75) is 6.18 Å². The molecule has 27 heavy (non-hydrogen) atoms. The quantitative estimate of drug-likeness (QED) is 0.757. The van der Waals surface area contributed by atoms with Gasteiger partial charge in [0.15, 0.2) is 6.61 Å². The Morgan fingerprint density at radius 3 is 2.56 bits per heavy atom. The van der Waals surface area contributed by atoms with Crippen molar-refractivity contribution in [2.75, 3.05) is 11.9 Å². The van der Waals surface area contributed by atoms with Crippen molar-refractivity contribution >= 4 is 22.4 Å². The molecule has 0 fully saturated rings. The van der Waals surface area contributed by atoms with Crippen LogP contribution in [0.25, 0.3) is 10.8 Å². The zero-order chi connectivity index (χ0) is 19.6. The Bertz CT molecular complexity index is 1060. The number of anilines is 1. The van der Waals surface area contributed by atoms with Crippen LogP contribution in [-0.2, 0) is 18.0 Å². The van der Waals surface area contributed by atoms with E-state index in [1.165, 1.54) is 22.8 Å². The van der Waals surface area contributed by atoms with E-state index in [4.69, 9.17) is 4.74 Å². The van der Waals surface area contributed by atoms with Crippen molar-refractivity contribution in [2.24, 2.45) is 7.05 Å². The topological polar surface area (TPSA) is 60.3 Å². The highest BCUT2D eigenvalue weighted by atomic mass is 19.4. The summed E-state index contributed by atoms with van der Waals surface area (Å²) in [5.74, 6) is -0.447. The highest BCUT2D eigenvalue weighted by Crippen LogP contribution is 2.34. The number of pyridine rings is 1. The molecule has 8 heteroatoms. The number of nitrogens with zero attached hydrogens (tertiary/aromatic N) is 1. The molecule has 0 unspecified atom stereocenters. The summed E-state index contributed by atoms with van der Waals surface area (Å²) in [6.45, 7) is -0.499. The Balaban J connectivity index is 1.77. The fourth-order valence-corrected chi connectivity index (χ4v) is 2.64. The minimum atomic E-state index is -4.58. The van der Waals surface area contributed by atoms with Crippen molar-refractivity contribution < 1.29 is 22.7 Å². The van der Waals surface area contributed by atoms with Crippen LogP contribution in [0.4, 0.5) is 18.9 Å². The van der Waals surface area contributed by atoms with Gasteiger partial charge >= 0.3 is 6.18 Å². The molecule has 3 rings (SSSR count). The SMILES string of the molecule is Cn1ccc2c(OCC(=O)Nc3ccccc3C(F)(F)F)cccc2c1=O. The highest BCUT2D eigenvalue weighted by Gasteiger charge is 2.33. The van der Waals surface area contributed by atoms with E-state index in [-0.39, 0.29) is 11.2 Å². The number of aryl methyl sites for hydroxylation is 1. The van der Waals surface area contributed by atoms with E-state index in [1.807, 2.05) is 0 Å². The average Bonchev–Trinajstić information content (AvgIpc) is 2.62. The first kappa shape index (κ1) is 18.5. The number of para-hydroxylation sites is 1. The number of nitrogens with one attached hydrogen (secondary N) is 1. The molecule has 0 radical (unpaired) electrons. The van der Waals surface area contributed by atoms with E-state index in [1.54, 1.807) is 37.5 Å². The van der Waals surface area contributed by atoms with Gasteiger partial charge in [0.05, 0.1) is 16.6 Å². The number of benzene rings is 2. The van der Waals surface area contributed by atoms with Crippen molar-refractivity contribution in [3.63, 3.8) is 0 Å². The summed E-state index contributed by atoms with van der Waals surface area (Å²) in [7, 11) is 1.61. The summed E-state index contributed by atoms with van der Waals surface area (Å²) in [6, 6.07) is 11.2. The molecule has 3 aromatic rings. The largest absolute Gasteiger partial charge is 0.483 e. The fraction of sp³-hybridized carbons (Fsp3) is 0.158. The van der Waals surface area contributed by atoms with Gasteiger partial charge in [0.1, 0.15) is 5.75 Å². The van der Waals surface area contributed by atoms with Crippen LogP contribution in [0.3, 0.4) is 0 Å². The number of carbonyl (C=O) groups is 1. The van der Waals surface area contributed by atoms with Gasteiger partial charge in [0.25, 0.3) is 11.5 Å². The molecule has 0 aliphatic heterocycles. The van der Waals surface area contributed by atoms with E-state index < -0.39 is 24.3 Å². The minimum absolute atomic E-state index is 0.221. The maximum absolute atomic E-state index is 13.0.